The minimum absolute atomic E-state index is 0.0779. The molecule has 96 valence electrons. The van der Waals surface area contributed by atoms with Gasteiger partial charge < -0.3 is 9.26 Å². The summed E-state index contributed by atoms with van der Waals surface area (Å²) >= 11 is 0. The van der Waals surface area contributed by atoms with Crippen LogP contribution in [0.25, 0.3) is 0 Å². The largest absolute Gasteiger partial charge is 0.373 e. The molecule has 6 nitrogen and oxygen atoms in total. The predicted molar refractivity (Wildman–Crippen MR) is 60.7 cm³/mol. The summed E-state index contributed by atoms with van der Waals surface area (Å²) in [6.45, 7) is 4.53. The maximum atomic E-state index is 12.1. The van der Waals surface area contributed by atoms with Gasteiger partial charge in [0, 0.05) is 19.2 Å². The molecule has 0 aliphatic carbocycles. The molecule has 1 aliphatic heterocycles. The fourth-order valence-corrected chi connectivity index (χ4v) is 3.53. The molecule has 2 heterocycles. The Morgan fingerprint density at radius 1 is 1.41 bits per heavy atom. The first-order chi connectivity index (χ1) is 7.97. The van der Waals surface area contributed by atoms with Crippen molar-refractivity contribution in [2.24, 2.45) is 0 Å². The van der Waals surface area contributed by atoms with Gasteiger partial charge in [0.1, 0.15) is 12.0 Å². The second kappa shape index (κ2) is 4.75. The minimum atomic E-state index is -3.34. The van der Waals surface area contributed by atoms with Crippen LogP contribution in [-0.4, -0.2) is 43.2 Å². The van der Waals surface area contributed by atoms with Crippen molar-refractivity contribution in [1.29, 1.82) is 0 Å². The van der Waals surface area contributed by atoms with E-state index < -0.39 is 10.0 Å². The third-order valence-corrected chi connectivity index (χ3v) is 4.35. The molecule has 0 N–H and O–H groups in total. The summed E-state index contributed by atoms with van der Waals surface area (Å²) in [6, 6.07) is 1.56. The third-order valence-electron chi connectivity index (χ3n) is 2.60. The molecule has 17 heavy (non-hydrogen) atoms. The molecule has 1 fully saturated rings. The van der Waals surface area contributed by atoms with Gasteiger partial charge in [-0.3, -0.25) is 0 Å². The Morgan fingerprint density at radius 2 is 2.06 bits per heavy atom. The standard InChI is InChI=1S/C10H16N2O4S/c1-8-5-12(6-9(2)16-8)17(13,14)7-10-3-4-15-11-10/h3-4,8-9H,5-7H2,1-2H3/t8-,9-/m0/s1. The molecule has 0 radical (unpaired) electrons. The normalized spacial score (nSPS) is 27.2. The fraction of sp³-hybridized carbons (Fsp3) is 0.700. The van der Waals surface area contributed by atoms with Crippen LogP contribution in [0.3, 0.4) is 0 Å². The van der Waals surface area contributed by atoms with Crippen molar-refractivity contribution in [3.63, 3.8) is 0 Å². The van der Waals surface area contributed by atoms with E-state index in [9.17, 15) is 8.42 Å². The summed E-state index contributed by atoms with van der Waals surface area (Å²) < 4.78 is 35.9. The second-order valence-corrected chi connectivity index (χ2v) is 6.29. The van der Waals surface area contributed by atoms with Crippen molar-refractivity contribution in [3.8, 4) is 0 Å². The summed E-state index contributed by atoms with van der Waals surface area (Å²) in [4.78, 5) is 0. The van der Waals surface area contributed by atoms with E-state index in [2.05, 4.69) is 9.68 Å². The van der Waals surface area contributed by atoms with Crippen LogP contribution in [0.2, 0.25) is 0 Å². The topological polar surface area (TPSA) is 72.6 Å². The average Bonchev–Trinajstić information content (AvgIpc) is 2.68. The van der Waals surface area contributed by atoms with Crippen molar-refractivity contribution >= 4 is 10.0 Å². The van der Waals surface area contributed by atoms with Crippen LogP contribution in [0, 0.1) is 0 Å². The van der Waals surface area contributed by atoms with Gasteiger partial charge in [0.15, 0.2) is 0 Å². The number of morpholine rings is 1. The number of rotatable bonds is 3. The number of hydrogen-bond donors (Lipinski definition) is 0. The number of hydrogen-bond acceptors (Lipinski definition) is 5. The number of nitrogens with zero attached hydrogens (tertiary/aromatic N) is 2. The lowest BCUT2D eigenvalue weighted by atomic mass is 10.3. The molecule has 1 aromatic heterocycles. The van der Waals surface area contributed by atoms with Gasteiger partial charge in [-0.25, -0.2) is 8.42 Å². The highest BCUT2D eigenvalue weighted by molar-refractivity contribution is 7.88. The summed E-state index contributed by atoms with van der Waals surface area (Å²) in [5, 5.41) is 3.62. The molecule has 1 aliphatic rings. The van der Waals surface area contributed by atoms with E-state index in [1.54, 1.807) is 6.07 Å². The zero-order valence-electron chi connectivity index (χ0n) is 9.87. The first kappa shape index (κ1) is 12.5. The lowest BCUT2D eigenvalue weighted by molar-refractivity contribution is -0.0441. The number of aromatic nitrogens is 1. The number of sulfonamides is 1. The van der Waals surface area contributed by atoms with Crippen LogP contribution >= 0.6 is 0 Å². The fourth-order valence-electron chi connectivity index (χ4n) is 1.95. The Labute approximate surface area is 101 Å². The molecule has 0 amide bonds. The van der Waals surface area contributed by atoms with Crippen LogP contribution in [-0.2, 0) is 20.5 Å². The maximum Gasteiger partial charge on any atom is 0.220 e. The Bertz CT molecular complexity index is 447. The summed E-state index contributed by atoms with van der Waals surface area (Å²) in [6.07, 6.45) is 1.21. The lowest BCUT2D eigenvalue weighted by Crippen LogP contribution is -2.48. The van der Waals surface area contributed by atoms with Gasteiger partial charge in [0.05, 0.1) is 17.9 Å². The smallest absolute Gasteiger partial charge is 0.220 e. The molecule has 0 saturated carbocycles. The Kier molecular flexibility index (Phi) is 3.50. The van der Waals surface area contributed by atoms with Crippen LogP contribution in [0.15, 0.2) is 16.9 Å². The van der Waals surface area contributed by atoms with Crippen molar-refractivity contribution in [3.05, 3.63) is 18.0 Å². The first-order valence-corrected chi connectivity index (χ1v) is 7.11. The molecule has 0 unspecified atom stereocenters. The minimum Gasteiger partial charge on any atom is -0.373 e. The molecule has 2 rings (SSSR count). The van der Waals surface area contributed by atoms with E-state index >= 15 is 0 Å². The lowest BCUT2D eigenvalue weighted by Gasteiger charge is -2.34. The van der Waals surface area contributed by atoms with Gasteiger partial charge >= 0.3 is 0 Å². The van der Waals surface area contributed by atoms with E-state index in [1.807, 2.05) is 13.8 Å². The Morgan fingerprint density at radius 3 is 2.59 bits per heavy atom. The van der Waals surface area contributed by atoms with Crippen molar-refractivity contribution < 1.29 is 17.7 Å². The predicted octanol–water partition coefficient (Wildman–Crippen LogP) is 0.614. The second-order valence-electron chi connectivity index (χ2n) is 4.32. The molecule has 0 spiro atoms. The van der Waals surface area contributed by atoms with Gasteiger partial charge in [-0.15, -0.1) is 0 Å². The molecule has 0 bridgehead atoms. The molecule has 1 saturated heterocycles. The third kappa shape index (κ3) is 3.05. The summed E-state index contributed by atoms with van der Waals surface area (Å²) in [5.74, 6) is -0.122. The Hall–Kier alpha value is -0.920. The van der Waals surface area contributed by atoms with Crippen molar-refractivity contribution in [2.45, 2.75) is 31.8 Å². The van der Waals surface area contributed by atoms with E-state index in [0.717, 1.165) is 0 Å². The van der Waals surface area contributed by atoms with Crippen LogP contribution in [0.5, 0.6) is 0 Å². The van der Waals surface area contributed by atoms with Crippen molar-refractivity contribution in [2.75, 3.05) is 13.1 Å². The quantitative estimate of drug-likeness (QED) is 0.796. The van der Waals surface area contributed by atoms with Gasteiger partial charge in [0.25, 0.3) is 0 Å². The zero-order chi connectivity index (χ0) is 12.5. The Balaban J connectivity index is 2.09. The van der Waals surface area contributed by atoms with E-state index in [4.69, 9.17) is 4.74 Å². The maximum absolute atomic E-state index is 12.1. The van der Waals surface area contributed by atoms with Crippen LogP contribution in [0.1, 0.15) is 19.5 Å². The molecule has 0 aromatic carbocycles. The van der Waals surface area contributed by atoms with E-state index in [-0.39, 0.29) is 18.0 Å². The van der Waals surface area contributed by atoms with Crippen LogP contribution in [0.4, 0.5) is 0 Å². The monoisotopic (exact) mass is 260 g/mol. The van der Waals surface area contributed by atoms with Gasteiger partial charge in [-0.1, -0.05) is 5.16 Å². The van der Waals surface area contributed by atoms with Crippen LogP contribution < -0.4 is 0 Å². The van der Waals surface area contributed by atoms with Gasteiger partial charge in [0.2, 0.25) is 10.0 Å². The first-order valence-electron chi connectivity index (χ1n) is 5.50. The van der Waals surface area contributed by atoms with Gasteiger partial charge in [-0.05, 0) is 13.8 Å². The molecule has 1 aromatic rings. The zero-order valence-corrected chi connectivity index (χ0v) is 10.7. The molecule has 2 atom stereocenters. The summed E-state index contributed by atoms with van der Waals surface area (Å²) in [5.41, 5.74) is 0.428. The highest BCUT2D eigenvalue weighted by Gasteiger charge is 2.31. The highest BCUT2D eigenvalue weighted by Crippen LogP contribution is 2.17. The SMILES string of the molecule is C[C@H]1CN(S(=O)(=O)Cc2ccon2)C[C@H](C)O1. The van der Waals surface area contributed by atoms with E-state index in [1.165, 1.54) is 10.6 Å². The molecule has 7 heteroatoms. The van der Waals surface area contributed by atoms with Gasteiger partial charge in [-0.2, -0.15) is 4.31 Å². The van der Waals surface area contributed by atoms with Crippen molar-refractivity contribution in [1.82, 2.24) is 9.46 Å². The number of ether oxygens (including phenoxy) is 1. The molecular formula is C10H16N2O4S. The summed E-state index contributed by atoms with van der Waals surface area (Å²) in [7, 11) is -3.34. The highest BCUT2D eigenvalue weighted by atomic mass is 32.2. The molecular weight excluding hydrogens is 244 g/mol. The average molecular weight is 260 g/mol. The van der Waals surface area contributed by atoms with E-state index in [0.29, 0.717) is 18.8 Å².